The SMILES string of the molecule is CCCCN(c1ccccc1)S(=O)(=O)c1cccc2cccc(Cl)c12. The molecule has 3 aromatic carbocycles. The molecule has 3 aromatic rings. The first kappa shape index (κ1) is 17.8. The van der Waals surface area contributed by atoms with E-state index in [0.29, 0.717) is 22.6 Å². The van der Waals surface area contributed by atoms with Crippen molar-refractivity contribution in [1.29, 1.82) is 0 Å². The van der Waals surface area contributed by atoms with Crippen molar-refractivity contribution in [3.05, 3.63) is 71.8 Å². The van der Waals surface area contributed by atoms with E-state index in [4.69, 9.17) is 11.6 Å². The summed E-state index contributed by atoms with van der Waals surface area (Å²) in [4.78, 5) is 0.246. The molecule has 0 spiro atoms. The molecule has 0 N–H and O–H groups in total. The van der Waals surface area contributed by atoms with E-state index in [0.717, 1.165) is 18.2 Å². The molecular formula is C20H20ClNO2S. The molecule has 3 rings (SSSR count). The number of anilines is 1. The first-order chi connectivity index (χ1) is 12.1. The van der Waals surface area contributed by atoms with Crippen molar-refractivity contribution < 1.29 is 8.42 Å². The molecule has 3 nitrogen and oxygen atoms in total. The molecule has 0 aromatic heterocycles. The van der Waals surface area contributed by atoms with E-state index in [1.54, 1.807) is 18.2 Å². The third-order valence-corrected chi connectivity index (χ3v) is 6.33. The van der Waals surface area contributed by atoms with E-state index in [9.17, 15) is 8.42 Å². The molecule has 5 heteroatoms. The van der Waals surface area contributed by atoms with E-state index in [1.165, 1.54) is 4.31 Å². The Hall–Kier alpha value is -2.04. The third kappa shape index (κ3) is 3.51. The van der Waals surface area contributed by atoms with Gasteiger partial charge in [-0.15, -0.1) is 0 Å². The highest BCUT2D eigenvalue weighted by Gasteiger charge is 2.27. The summed E-state index contributed by atoms with van der Waals surface area (Å²) in [6, 6.07) is 19.9. The molecular weight excluding hydrogens is 354 g/mol. The minimum Gasteiger partial charge on any atom is -0.266 e. The Labute approximate surface area is 153 Å². The number of hydrogen-bond acceptors (Lipinski definition) is 2. The van der Waals surface area contributed by atoms with Crippen LogP contribution in [-0.2, 0) is 10.0 Å². The van der Waals surface area contributed by atoms with Gasteiger partial charge in [-0.25, -0.2) is 8.42 Å². The van der Waals surface area contributed by atoms with Gasteiger partial charge in [-0.3, -0.25) is 4.31 Å². The molecule has 0 radical (unpaired) electrons. The van der Waals surface area contributed by atoms with Gasteiger partial charge in [-0.1, -0.05) is 67.4 Å². The number of para-hydroxylation sites is 1. The predicted molar refractivity (Wildman–Crippen MR) is 105 cm³/mol. The lowest BCUT2D eigenvalue weighted by molar-refractivity contribution is 0.589. The summed E-state index contributed by atoms with van der Waals surface area (Å²) in [7, 11) is -3.73. The molecule has 0 atom stereocenters. The number of sulfonamides is 1. The van der Waals surface area contributed by atoms with Gasteiger partial charge in [0.25, 0.3) is 10.0 Å². The van der Waals surface area contributed by atoms with Crippen LogP contribution in [0.3, 0.4) is 0 Å². The second-order valence-electron chi connectivity index (χ2n) is 5.86. The van der Waals surface area contributed by atoms with Gasteiger partial charge in [0.2, 0.25) is 0 Å². The highest BCUT2D eigenvalue weighted by Crippen LogP contribution is 2.33. The van der Waals surface area contributed by atoms with Crippen molar-refractivity contribution in [2.45, 2.75) is 24.7 Å². The van der Waals surface area contributed by atoms with Gasteiger partial charge in [0.05, 0.1) is 10.6 Å². The number of benzene rings is 3. The van der Waals surface area contributed by atoms with Crippen molar-refractivity contribution in [3.63, 3.8) is 0 Å². The third-order valence-electron chi connectivity index (χ3n) is 4.14. The van der Waals surface area contributed by atoms with Crippen LogP contribution < -0.4 is 4.31 Å². The minimum atomic E-state index is -3.73. The van der Waals surface area contributed by atoms with E-state index in [-0.39, 0.29) is 4.90 Å². The van der Waals surface area contributed by atoms with Crippen LogP contribution in [0.1, 0.15) is 19.8 Å². The normalized spacial score (nSPS) is 11.6. The van der Waals surface area contributed by atoms with Crippen LogP contribution in [0, 0.1) is 0 Å². The number of rotatable bonds is 6. The van der Waals surface area contributed by atoms with Gasteiger partial charge in [0.1, 0.15) is 0 Å². The molecule has 0 amide bonds. The molecule has 0 fully saturated rings. The smallest absolute Gasteiger partial charge is 0.264 e. The summed E-state index contributed by atoms with van der Waals surface area (Å²) in [5, 5.41) is 1.83. The van der Waals surface area contributed by atoms with E-state index < -0.39 is 10.0 Å². The zero-order valence-corrected chi connectivity index (χ0v) is 15.6. The van der Waals surface area contributed by atoms with Crippen molar-refractivity contribution >= 4 is 38.1 Å². The fourth-order valence-electron chi connectivity index (χ4n) is 2.88. The number of nitrogens with zero attached hydrogens (tertiary/aromatic N) is 1. The Morgan fingerprint density at radius 3 is 2.28 bits per heavy atom. The quantitative estimate of drug-likeness (QED) is 0.573. The van der Waals surface area contributed by atoms with E-state index >= 15 is 0 Å². The van der Waals surface area contributed by atoms with Gasteiger partial charge < -0.3 is 0 Å². The van der Waals surface area contributed by atoms with Crippen molar-refractivity contribution in [3.8, 4) is 0 Å². The molecule has 0 bridgehead atoms. The van der Waals surface area contributed by atoms with Crippen LogP contribution in [0.15, 0.2) is 71.6 Å². The molecule has 25 heavy (non-hydrogen) atoms. The summed E-state index contributed by atoms with van der Waals surface area (Å²) >= 11 is 6.34. The summed E-state index contributed by atoms with van der Waals surface area (Å²) in [6.45, 7) is 2.48. The average Bonchev–Trinajstić information content (AvgIpc) is 2.62. The van der Waals surface area contributed by atoms with Gasteiger partial charge in [0.15, 0.2) is 0 Å². The lowest BCUT2D eigenvalue weighted by Crippen LogP contribution is -2.32. The second kappa shape index (κ2) is 7.46. The minimum absolute atomic E-state index is 0.246. The van der Waals surface area contributed by atoms with Crippen LogP contribution in [0.5, 0.6) is 0 Å². The Kier molecular flexibility index (Phi) is 5.30. The van der Waals surface area contributed by atoms with Crippen LogP contribution >= 0.6 is 11.6 Å². The topological polar surface area (TPSA) is 37.4 Å². The van der Waals surface area contributed by atoms with E-state index in [1.807, 2.05) is 55.5 Å². The first-order valence-electron chi connectivity index (χ1n) is 8.30. The molecule has 0 heterocycles. The van der Waals surface area contributed by atoms with E-state index in [2.05, 4.69) is 0 Å². The summed E-state index contributed by atoms with van der Waals surface area (Å²) in [5.41, 5.74) is 0.667. The van der Waals surface area contributed by atoms with Gasteiger partial charge >= 0.3 is 0 Å². The fraction of sp³-hybridized carbons (Fsp3) is 0.200. The number of fused-ring (bicyclic) bond motifs is 1. The Morgan fingerprint density at radius 1 is 0.920 bits per heavy atom. The monoisotopic (exact) mass is 373 g/mol. The Bertz CT molecular complexity index is 966. The van der Waals surface area contributed by atoms with Crippen LogP contribution in [0.2, 0.25) is 5.02 Å². The molecule has 0 unspecified atom stereocenters. The lowest BCUT2D eigenvalue weighted by Gasteiger charge is -2.25. The highest BCUT2D eigenvalue weighted by molar-refractivity contribution is 7.93. The number of unbranched alkanes of at least 4 members (excludes halogenated alkanes) is 1. The van der Waals surface area contributed by atoms with Crippen molar-refractivity contribution in [2.24, 2.45) is 0 Å². The Morgan fingerprint density at radius 2 is 1.60 bits per heavy atom. The van der Waals surface area contributed by atoms with Crippen LogP contribution in [-0.4, -0.2) is 15.0 Å². The zero-order chi connectivity index (χ0) is 17.9. The highest BCUT2D eigenvalue weighted by atomic mass is 35.5. The van der Waals surface area contributed by atoms with Gasteiger partial charge in [0, 0.05) is 17.0 Å². The van der Waals surface area contributed by atoms with Crippen molar-refractivity contribution in [1.82, 2.24) is 0 Å². The van der Waals surface area contributed by atoms with Crippen LogP contribution in [0.25, 0.3) is 10.8 Å². The lowest BCUT2D eigenvalue weighted by atomic mass is 10.1. The first-order valence-corrected chi connectivity index (χ1v) is 10.1. The number of halogens is 1. The largest absolute Gasteiger partial charge is 0.266 e. The molecule has 0 aliphatic carbocycles. The zero-order valence-electron chi connectivity index (χ0n) is 14.0. The molecule has 0 saturated heterocycles. The summed E-state index contributed by atoms with van der Waals surface area (Å²) in [6.07, 6.45) is 1.70. The summed E-state index contributed by atoms with van der Waals surface area (Å²) in [5.74, 6) is 0. The van der Waals surface area contributed by atoms with Crippen LogP contribution in [0.4, 0.5) is 5.69 Å². The predicted octanol–water partition coefficient (Wildman–Crippen LogP) is 5.49. The Balaban J connectivity index is 2.19. The number of hydrogen-bond donors (Lipinski definition) is 0. The molecule has 0 aliphatic rings. The van der Waals surface area contributed by atoms with Crippen molar-refractivity contribution in [2.75, 3.05) is 10.8 Å². The standard InChI is InChI=1S/C20H20ClNO2S/c1-2-3-15-22(17-11-5-4-6-12-17)25(23,24)19-14-8-10-16-9-7-13-18(21)20(16)19/h4-14H,2-3,15H2,1H3. The van der Waals surface area contributed by atoms with Gasteiger partial charge in [-0.2, -0.15) is 0 Å². The van der Waals surface area contributed by atoms with Gasteiger partial charge in [-0.05, 0) is 36.1 Å². The average molecular weight is 374 g/mol. The summed E-state index contributed by atoms with van der Waals surface area (Å²) < 4.78 is 28.4. The molecule has 0 saturated carbocycles. The maximum absolute atomic E-state index is 13.5. The second-order valence-corrected chi connectivity index (χ2v) is 8.10. The maximum atomic E-state index is 13.5. The molecule has 130 valence electrons. The maximum Gasteiger partial charge on any atom is 0.264 e. The fourth-order valence-corrected chi connectivity index (χ4v) is 4.96. The molecule has 0 aliphatic heterocycles.